The number of hydrogen-bond donors (Lipinski definition) is 0. The highest BCUT2D eigenvalue weighted by molar-refractivity contribution is 6.28. The van der Waals surface area contributed by atoms with Crippen molar-refractivity contribution in [3.05, 3.63) is 22.1 Å². The first-order valence-corrected chi connectivity index (χ1v) is 4.90. The lowest BCUT2D eigenvalue weighted by atomic mass is 10.4. The molecule has 0 N–H and O–H groups in total. The third kappa shape index (κ3) is 2.36. The zero-order valence-electron chi connectivity index (χ0n) is 7.48. The molecule has 0 amide bonds. The number of nitrogens with zero attached hydrogens (tertiary/aromatic N) is 3. The van der Waals surface area contributed by atoms with Crippen LogP contribution in [0.3, 0.4) is 0 Å². The van der Waals surface area contributed by atoms with Crippen LogP contribution in [0.5, 0.6) is 0 Å². The Morgan fingerprint density at radius 3 is 2.93 bits per heavy atom. The van der Waals surface area contributed by atoms with E-state index in [9.17, 15) is 10.1 Å². The average Bonchev–Trinajstić information content (AvgIpc) is 2.48. The lowest BCUT2D eigenvalue weighted by molar-refractivity contribution is -0.392. The molecule has 1 aromatic rings. The van der Waals surface area contributed by atoms with E-state index < -0.39 is 4.92 Å². The highest BCUT2D eigenvalue weighted by Crippen LogP contribution is 2.16. The van der Waals surface area contributed by atoms with Crippen LogP contribution in [0, 0.1) is 17.0 Å². The average molecular weight is 238 g/mol. The summed E-state index contributed by atoms with van der Waals surface area (Å²) in [6.45, 7) is 1.98. The van der Waals surface area contributed by atoms with E-state index >= 15 is 0 Å². The van der Waals surface area contributed by atoms with Crippen molar-refractivity contribution in [2.75, 3.05) is 5.88 Å². The molecule has 1 atom stereocenters. The zero-order chi connectivity index (χ0) is 10.7. The second kappa shape index (κ2) is 4.61. The Kier molecular flexibility index (Phi) is 3.71. The fourth-order valence-electron chi connectivity index (χ4n) is 1.07. The molecular weight excluding hydrogens is 229 g/mol. The summed E-state index contributed by atoms with van der Waals surface area (Å²) in [5, 5.41) is 10.2. The quantitative estimate of drug-likeness (QED) is 0.457. The van der Waals surface area contributed by atoms with Crippen LogP contribution in [0.1, 0.15) is 5.82 Å². The molecule has 0 saturated carbocycles. The maximum Gasteiger partial charge on any atom is 0.342 e. The van der Waals surface area contributed by atoms with Crippen molar-refractivity contribution in [2.24, 2.45) is 0 Å². The summed E-state index contributed by atoms with van der Waals surface area (Å²) in [6.07, 6.45) is 1.22. The number of rotatable bonds is 4. The highest BCUT2D eigenvalue weighted by atomic mass is 35.5. The van der Waals surface area contributed by atoms with Gasteiger partial charge in [-0.3, -0.25) is 0 Å². The van der Waals surface area contributed by atoms with Crippen molar-refractivity contribution in [2.45, 2.75) is 18.8 Å². The van der Waals surface area contributed by atoms with Gasteiger partial charge in [0.05, 0.1) is 5.38 Å². The monoisotopic (exact) mass is 237 g/mol. The molecule has 0 bridgehead atoms. The highest BCUT2D eigenvalue weighted by Gasteiger charge is 2.19. The van der Waals surface area contributed by atoms with Gasteiger partial charge in [-0.05, 0) is 4.92 Å². The number of hydrogen-bond acceptors (Lipinski definition) is 3. The molecule has 0 fully saturated rings. The minimum atomic E-state index is -0.488. The molecule has 14 heavy (non-hydrogen) atoms. The SMILES string of the molecule is Cc1ncc([N+](=O)[O-])n1C[C@H](Cl)CCl. The first-order chi connectivity index (χ1) is 6.56. The van der Waals surface area contributed by atoms with E-state index in [0.29, 0.717) is 12.4 Å². The number of aromatic nitrogens is 2. The van der Waals surface area contributed by atoms with Crippen LogP contribution >= 0.6 is 23.2 Å². The minimum absolute atomic E-state index is 0.0572. The fraction of sp³-hybridized carbons (Fsp3) is 0.571. The molecule has 78 valence electrons. The van der Waals surface area contributed by atoms with Crippen LogP contribution in [0.15, 0.2) is 6.20 Å². The number of nitro groups is 1. The lowest BCUT2D eigenvalue weighted by Crippen LogP contribution is -2.14. The Bertz CT molecular complexity index is 340. The number of alkyl halides is 2. The Balaban J connectivity index is 2.93. The zero-order valence-corrected chi connectivity index (χ0v) is 8.99. The summed E-state index contributed by atoms with van der Waals surface area (Å²) in [5.41, 5.74) is 0. The molecule has 0 radical (unpaired) electrons. The second-order valence-electron chi connectivity index (χ2n) is 2.78. The van der Waals surface area contributed by atoms with E-state index in [1.165, 1.54) is 10.8 Å². The van der Waals surface area contributed by atoms with Crippen LogP contribution in [0.4, 0.5) is 5.82 Å². The van der Waals surface area contributed by atoms with Gasteiger partial charge in [-0.2, -0.15) is 0 Å². The molecule has 0 aromatic carbocycles. The van der Waals surface area contributed by atoms with E-state index in [-0.39, 0.29) is 17.1 Å². The molecule has 0 spiro atoms. The number of imidazole rings is 1. The molecule has 0 aliphatic carbocycles. The predicted octanol–water partition coefficient (Wildman–Crippen LogP) is 1.95. The largest absolute Gasteiger partial charge is 0.358 e. The normalized spacial score (nSPS) is 12.8. The summed E-state index contributed by atoms with van der Waals surface area (Å²) >= 11 is 11.3. The van der Waals surface area contributed by atoms with Gasteiger partial charge in [0, 0.05) is 12.8 Å². The van der Waals surface area contributed by atoms with Gasteiger partial charge < -0.3 is 10.1 Å². The molecule has 1 aromatic heterocycles. The van der Waals surface area contributed by atoms with Gasteiger partial charge in [-0.15, -0.1) is 23.2 Å². The van der Waals surface area contributed by atoms with Crippen LogP contribution in [-0.2, 0) is 6.54 Å². The van der Waals surface area contributed by atoms with Crippen LogP contribution in [-0.4, -0.2) is 25.7 Å². The molecular formula is C7H9Cl2N3O2. The van der Waals surface area contributed by atoms with Crippen molar-refractivity contribution in [1.82, 2.24) is 9.55 Å². The first-order valence-electron chi connectivity index (χ1n) is 3.92. The predicted molar refractivity (Wildman–Crippen MR) is 54.0 cm³/mol. The van der Waals surface area contributed by atoms with Crippen LogP contribution in [0.2, 0.25) is 0 Å². The summed E-state index contributed by atoms with van der Waals surface area (Å²) in [7, 11) is 0. The summed E-state index contributed by atoms with van der Waals surface area (Å²) < 4.78 is 1.44. The van der Waals surface area contributed by atoms with E-state index in [2.05, 4.69) is 4.98 Å². The minimum Gasteiger partial charge on any atom is -0.358 e. The molecule has 1 heterocycles. The van der Waals surface area contributed by atoms with E-state index in [0.717, 1.165) is 0 Å². The van der Waals surface area contributed by atoms with Crippen molar-refractivity contribution in [3.63, 3.8) is 0 Å². The fourth-order valence-corrected chi connectivity index (χ4v) is 1.31. The van der Waals surface area contributed by atoms with Gasteiger partial charge in [-0.25, -0.2) is 9.55 Å². The van der Waals surface area contributed by atoms with Gasteiger partial charge in [-0.1, -0.05) is 0 Å². The summed E-state index contributed by atoms with van der Waals surface area (Å²) in [6, 6.07) is 0. The molecule has 0 aliphatic heterocycles. The van der Waals surface area contributed by atoms with Crippen molar-refractivity contribution in [1.29, 1.82) is 0 Å². The van der Waals surface area contributed by atoms with Crippen molar-refractivity contribution < 1.29 is 4.92 Å². The standard InChI is InChI=1S/C7H9Cl2N3O2/c1-5-10-3-7(12(13)14)11(5)4-6(9)2-8/h3,6H,2,4H2,1H3/t6-/m1/s1. The van der Waals surface area contributed by atoms with Gasteiger partial charge in [0.15, 0.2) is 5.82 Å². The van der Waals surface area contributed by atoms with Gasteiger partial charge >= 0.3 is 5.82 Å². The smallest absolute Gasteiger partial charge is 0.342 e. The second-order valence-corrected chi connectivity index (χ2v) is 3.71. The Labute approximate surface area is 90.8 Å². The van der Waals surface area contributed by atoms with E-state index in [1.807, 2.05) is 0 Å². The molecule has 0 unspecified atom stereocenters. The van der Waals surface area contributed by atoms with Crippen LogP contribution < -0.4 is 0 Å². The molecule has 1 rings (SSSR count). The molecule has 5 nitrogen and oxygen atoms in total. The van der Waals surface area contributed by atoms with Crippen LogP contribution in [0.25, 0.3) is 0 Å². The topological polar surface area (TPSA) is 61.0 Å². The van der Waals surface area contributed by atoms with E-state index in [4.69, 9.17) is 23.2 Å². The third-order valence-electron chi connectivity index (χ3n) is 1.77. The molecule has 7 heteroatoms. The van der Waals surface area contributed by atoms with E-state index in [1.54, 1.807) is 6.92 Å². The van der Waals surface area contributed by atoms with Gasteiger partial charge in [0.25, 0.3) is 0 Å². The Hall–Kier alpha value is -0.810. The maximum atomic E-state index is 10.6. The molecule has 0 aliphatic rings. The lowest BCUT2D eigenvalue weighted by Gasteiger charge is -2.05. The maximum absolute atomic E-state index is 10.6. The first kappa shape index (κ1) is 11.3. The third-order valence-corrected chi connectivity index (χ3v) is 2.59. The van der Waals surface area contributed by atoms with Crippen molar-refractivity contribution >= 4 is 29.0 Å². The number of halogens is 2. The molecule has 0 saturated heterocycles. The summed E-state index contributed by atoms with van der Waals surface area (Å²) in [4.78, 5) is 13.9. The van der Waals surface area contributed by atoms with Gasteiger partial charge in [0.1, 0.15) is 12.7 Å². The van der Waals surface area contributed by atoms with Crippen molar-refractivity contribution in [3.8, 4) is 0 Å². The van der Waals surface area contributed by atoms with Gasteiger partial charge in [0.2, 0.25) is 0 Å². The number of aryl methyl sites for hydroxylation is 1. The summed E-state index contributed by atoms with van der Waals surface area (Å²) in [5.74, 6) is 0.752. The Morgan fingerprint density at radius 1 is 1.79 bits per heavy atom. The Morgan fingerprint density at radius 2 is 2.43 bits per heavy atom.